The third-order valence-corrected chi connectivity index (χ3v) is 6.73. The number of nitrogens with zero attached hydrogens (tertiary/aromatic N) is 1. The smallest absolute Gasteiger partial charge is 0.368 e. The zero-order chi connectivity index (χ0) is 17.5. The molecule has 0 unspecified atom stereocenters. The number of hydrogen-bond acceptors (Lipinski definition) is 6. The van der Waals surface area contributed by atoms with Gasteiger partial charge >= 0.3 is 5.97 Å². The predicted octanol–water partition coefficient (Wildman–Crippen LogP) is 0.262. The molecule has 2 aliphatic heterocycles. The van der Waals surface area contributed by atoms with E-state index in [1.807, 2.05) is 29.1 Å². The summed E-state index contributed by atoms with van der Waals surface area (Å²) in [5.74, 6) is -1.34. The topological polar surface area (TPSA) is 80.3 Å². The number of quaternary nitrogens is 1. The number of ether oxygens (including phenoxy) is 1. The van der Waals surface area contributed by atoms with Crippen LogP contribution in [0.15, 0.2) is 17.5 Å². The molecule has 130 valence electrons. The number of likely N-dealkylation sites (tertiary alicyclic amines) is 1. The Balaban J connectivity index is 2.10. The van der Waals surface area contributed by atoms with Gasteiger partial charge in [0, 0.05) is 13.5 Å². The Bertz CT molecular complexity index is 663. The van der Waals surface area contributed by atoms with Gasteiger partial charge in [-0.1, -0.05) is 6.07 Å². The third kappa shape index (κ3) is 2.39. The average molecular weight is 369 g/mol. The molecule has 0 aromatic carbocycles. The van der Waals surface area contributed by atoms with Crippen LogP contribution < -0.4 is 5.32 Å². The Morgan fingerprint density at radius 2 is 2.21 bits per heavy atom. The average Bonchev–Trinajstić information content (AvgIpc) is 3.27. The van der Waals surface area contributed by atoms with Gasteiger partial charge in [-0.3, -0.25) is 14.5 Å². The molecule has 2 aliphatic rings. The van der Waals surface area contributed by atoms with Gasteiger partial charge in [-0.2, -0.15) is 11.8 Å². The number of esters is 1. The van der Waals surface area contributed by atoms with Crippen molar-refractivity contribution in [3.05, 3.63) is 22.4 Å². The standard InChI is InChI=1S/C16H20N2O4S2/c1-18-13(19)10-11(14(18)20)16(6-8-23-3,15(21)22-2)17-12(10)9-5-4-7-24-9/h4-5,7,10-12,17H,6,8H2,1-3H3/p+1/t10-,11+,12+,16+/m0/s1. The van der Waals surface area contributed by atoms with E-state index in [1.54, 1.807) is 23.1 Å². The van der Waals surface area contributed by atoms with E-state index in [2.05, 4.69) is 0 Å². The molecule has 24 heavy (non-hydrogen) atoms. The Labute approximate surface area is 148 Å². The molecule has 0 saturated carbocycles. The minimum absolute atomic E-state index is 0.199. The number of imide groups is 1. The van der Waals surface area contributed by atoms with E-state index in [1.165, 1.54) is 19.1 Å². The van der Waals surface area contributed by atoms with Crippen LogP contribution in [0.2, 0.25) is 0 Å². The predicted molar refractivity (Wildman–Crippen MR) is 91.5 cm³/mol. The molecule has 0 bridgehead atoms. The summed E-state index contributed by atoms with van der Waals surface area (Å²) in [4.78, 5) is 40.4. The lowest BCUT2D eigenvalue weighted by molar-refractivity contribution is -0.734. The first-order valence-corrected chi connectivity index (χ1v) is 10.0. The largest absolute Gasteiger partial charge is 0.464 e. The lowest BCUT2D eigenvalue weighted by Gasteiger charge is -2.28. The summed E-state index contributed by atoms with van der Waals surface area (Å²) < 4.78 is 5.07. The highest BCUT2D eigenvalue weighted by atomic mass is 32.2. The van der Waals surface area contributed by atoms with E-state index in [9.17, 15) is 14.4 Å². The van der Waals surface area contributed by atoms with Gasteiger partial charge < -0.3 is 10.1 Å². The van der Waals surface area contributed by atoms with E-state index in [-0.39, 0.29) is 17.9 Å². The van der Waals surface area contributed by atoms with Crippen LogP contribution in [0, 0.1) is 11.8 Å². The normalized spacial score (nSPS) is 32.3. The van der Waals surface area contributed by atoms with Crippen LogP contribution in [0.25, 0.3) is 0 Å². The fourth-order valence-electron chi connectivity index (χ4n) is 4.00. The molecule has 3 rings (SSSR count). The SMILES string of the molecule is COC(=O)[C@]1(CCSC)[NH2+][C@H](c2cccs2)[C@H]2C(=O)N(C)C(=O)[C@@H]21. The molecule has 1 aromatic heterocycles. The first-order chi connectivity index (χ1) is 11.5. The van der Waals surface area contributed by atoms with Gasteiger partial charge in [-0.25, -0.2) is 4.79 Å². The highest BCUT2D eigenvalue weighted by Crippen LogP contribution is 2.46. The van der Waals surface area contributed by atoms with Crippen molar-refractivity contribution in [2.75, 3.05) is 26.2 Å². The molecule has 0 radical (unpaired) electrons. The maximum atomic E-state index is 12.8. The van der Waals surface area contributed by atoms with E-state index in [0.29, 0.717) is 6.42 Å². The molecule has 6 nitrogen and oxygen atoms in total. The molecule has 0 aliphatic carbocycles. The monoisotopic (exact) mass is 369 g/mol. The summed E-state index contributed by atoms with van der Waals surface area (Å²) in [5, 5.41) is 3.86. The van der Waals surface area contributed by atoms with E-state index in [0.717, 1.165) is 10.6 Å². The van der Waals surface area contributed by atoms with Crippen molar-refractivity contribution >= 4 is 40.9 Å². The van der Waals surface area contributed by atoms with Gasteiger partial charge in [0.25, 0.3) is 0 Å². The van der Waals surface area contributed by atoms with Crippen LogP contribution in [0.5, 0.6) is 0 Å². The number of methoxy groups -OCH3 is 1. The Kier molecular flexibility index (Phi) is 4.72. The number of rotatable bonds is 5. The highest BCUT2D eigenvalue weighted by Gasteiger charge is 2.71. The molecule has 0 spiro atoms. The first-order valence-electron chi connectivity index (χ1n) is 7.76. The third-order valence-electron chi connectivity index (χ3n) is 5.15. The molecule has 2 saturated heterocycles. The van der Waals surface area contributed by atoms with Gasteiger partial charge in [0.1, 0.15) is 17.9 Å². The molecule has 2 fully saturated rings. The summed E-state index contributed by atoms with van der Waals surface area (Å²) in [6.07, 6.45) is 2.46. The summed E-state index contributed by atoms with van der Waals surface area (Å²) in [6, 6.07) is 3.66. The van der Waals surface area contributed by atoms with Crippen molar-refractivity contribution in [3.8, 4) is 0 Å². The number of thioether (sulfide) groups is 1. The zero-order valence-corrected chi connectivity index (χ0v) is 15.5. The summed E-state index contributed by atoms with van der Waals surface area (Å²) in [7, 11) is 2.85. The number of fused-ring (bicyclic) bond motifs is 1. The lowest BCUT2D eigenvalue weighted by Crippen LogP contribution is -2.98. The van der Waals surface area contributed by atoms with Crippen molar-refractivity contribution in [2.24, 2.45) is 11.8 Å². The summed E-state index contributed by atoms with van der Waals surface area (Å²) in [6.45, 7) is 0. The van der Waals surface area contributed by atoms with Crippen molar-refractivity contribution in [1.82, 2.24) is 4.90 Å². The quantitative estimate of drug-likeness (QED) is 0.595. The minimum Gasteiger partial charge on any atom is -0.464 e. The second-order valence-electron chi connectivity index (χ2n) is 6.22. The first kappa shape index (κ1) is 17.4. The van der Waals surface area contributed by atoms with E-state index < -0.39 is 23.3 Å². The van der Waals surface area contributed by atoms with Crippen molar-refractivity contribution in [3.63, 3.8) is 0 Å². The number of amides is 2. The Morgan fingerprint density at radius 3 is 2.79 bits per heavy atom. The second-order valence-corrected chi connectivity index (χ2v) is 8.19. The number of nitrogens with two attached hydrogens (primary N) is 1. The van der Waals surface area contributed by atoms with Gasteiger partial charge in [0.05, 0.1) is 12.0 Å². The Morgan fingerprint density at radius 1 is 1.46 bits per heavy atom. The molecule has 8 heteroatoms. The highest BCUT2D eigenvalue weighted by molar-refractivity contribution is 7.98. The summed E-state index contributed by atoms with van der Waals surface area (Å²) >= 11 is 3.16. The van der Waals surface area contributed by atoms with Gasteiger partial charge in [-0.15, -0.1) is 11.3 Å². The maximum absolute atomic E-state index is 12.8. The van der Waals surface area contributed by atoms with Crippen LogP contribution in [0.1, 0.15) is 17.3 Å². The molecular weight excluding hydrogens is 348 g/mol. The fourth-order valence-corrected chi connectivity index (χ4v) is 5.39. The van der Waals surface area contributed by atoms with Crippen molar-refractivity contribution in [1.29, 1.82) is 0 Å². The van der Waals surface area contributed by atoms with Gasteiger partial charge in [-0.05, 0) is 23.5 Å². The Hall–Kier alpha value is -1.38. The van der Waals surface area contributed by atoms with Gasteiger partial charge in [0.2, 0.25) is 17.4 Å². The van der Waals surface area contributed by atoms with E-state index in [4.69, 9.17) is 4.74 Å². The lowest BCUT2D eigenvalue weighted by atomic mass is 9.78. The van der Waals surface area contributed by atoms with Crippen LogP contribution in [0.4, 0.5) is 0 Å². The summed E-state index contributed by atoms with van der Waals surface area (Å²) in [5.41, 5.74) is -1.03. The second kappa shape index (κ2) is 6.50. The zero-order valence-electron chi connectivity index (χ0n) is 13.9. The fraction of sp³-hybridized carbons (Fsp3) is 0.562. The minimum atomic E-state index is -1.03. The molecular formula is C16H21N2O4S2+. The molecule has 2 amide bonds. The number of carbonyl (C=O) groups is 3. The van der Waals surface area contributed by atoms with Crippen molar-refractivity contribution < 1.29 is 24.4 Å². The van der Waals surface area contributed by atoms with E-state index >= 15 is 0 Å². The number of carbonyl (C=O) groups excluding carboxylic acids is 3. The maximum Gasteiger partial charge on any atom is 0.368 e. The molecule has 2 N–H and O–H groups in total. The molecule has 1 aromatic rings. The number of hydrogen-bond donors (Lipinski definition) is 1. The van der Waals surface area contributed by atoms with Crippen LogP contribution >= 0.6 is 23.1 Å². The number of thiophene rings is 1. The van der Waals surface area contributed by atoms with Crippen LogP contribution in [-0.4, -0.2) is 54.4 Å². The van der Waals surface area contributed by atoms with Gasteiger partial charge in [0.15, 0.2) is 0 Å². The van der Waals surface area contributed by atoms with Crippen LogP contribution in [0.3, 0.4) is 0 Å². The van der Waals surface area contributed by atoms with Crippen molar-refractivity contribution in [2.45, 2.75) is 18.0 Å². The van der Waals surface area contributed by atoms with Crippen LogP contribution in [-0.2, 0) is 19.1 Å². The molecule has 4 atom stereocenters. The molecule has 3 heterocycles.